The van der Waals surface area contributed by atoms with Crippen molar-refractivity contribution < 1.29 is 9.59 Å². The molecule has 0 fully saturated rings. The van der Waals surface area contributed by atoms with E-state index in [0.717, 1.165) is 11.4 Å². The van der Waals surface area contributed by atoms with Crippen LogP contribution in [-0.4, -0.2) is 23.2 Å². The van der Waals surface area contributed by atoms with Crippen molar-refractivity contribution in [2.45, 2.75) is 13.3 Å². The van der Waals surface area contributed by atoms with Crippen LogP contribution in [0.4, 0.5) is 0 Å². The lowest BCUT2D eigenvalue weighted by atomic mass is 10.1. The zero-order valence-electron chi connectivity index (χ0n) is 10.6. The predicted octanol–water partition coefficient (Wildman–Crippen LogP) is 2.32. The number of hydrogen-bond acceptors (Lipinski definition) is 4. The summed E-state index contributed by atoms with van der Waals surface area (Å²) >= 11 is 1.58. The molecule has 0 radical (unpaired) electrons. The molecule has 0 unspecified atom stereocenters. The first-order chi connectivity index (χ1) is 9.16. The molecule has 1 aromatic heterocycles. The first-order valence-electron chi connectivity index (χ1n) is 5.94. The lowest BCUT2D eigenvalue weighted by Gasteiger charge is -2.04. The highest BCUT2D eigenvalue weighted by Crippen LogP contribution is 2.06. The summed E-state index contributed by atoms with van der Waals surface area (Å²) in [4.78, 5) is 27.1. The summed E-state index contributed by atoms with van der Waals surface area (Å²) in [6.45, 7) is 2.06. The molecule has 1 N–H and O–H groups in total. The lowest BCUT2D eigenvalue weighted by Crippen LogP contribution is -2.25. The molecule has 0 aliphatic carbocycles. The Labute approximate surface area is 115 Å². The monoisotopic (exact) mass is 274 g/mol. The number of rotatable bonds is 5. The maximum absolute atomic E-state index is 11.8. The standard InChI is InChI=1S/C14H14N2O2S/c1-10(17)11-2-4-12(5-3-11)14(18)16-7-6-13-15-8-9-19-13/h2-5,8-9H,6-7H2,1H3,(H,16,18). The molecule has 0 spiro atoms. The van der Waals surface area contributed by atoms with Crippen LogP contribution >= 0.6 is 11.3 Å². The number of amides is 1. The molecule has 4 nitrogen and oxygen atoms in total. The van der Waals surface area contributed by atoms with Crippen LogP contribution in [0.2, 0.25) is 0 Å². The van der Waals surface area contributed by atoms with Crippen LogP contribution in [0.3, 0.4) is 0 Å². The average Bonchev–Trinajstić information content (AvgIpc) is 2.92. The van der Waals surface area contributed by atoms with Gasteiger partial charge in [-0.3, -0.25) is 9.59 Å². The largest absolute Gasteiger partial charge is 0.352 e. The first-order valence-corrected chi connectivity index (χ1v) is 6.82. The van der Waals surface area contributed by atoms with Crippen LogP contribution < -0.4 is 5.32 Å². The summed E-state index contributed by atoms with van der Waals surface area (Å²) in [5.41, 5.74) is 1.17. The Kier molecular flexibility index (Phi) is 4.41. The summed E-state index contributed by atoms with van der Waals surface area (Å²) in [6.07, 6.45) is 2.48. The highest BCUT2D eigenvalue weighted by molar-refractivity contribution is 7.09. The molecule has 5 heteroatoms. The Balaban J connectivity index is 1.87. The average molecular weight is 274 g/mol. The number of benzene rings is 1. The minimum absolute atomic E-state index is 0.00396. The van der Waals surface area contributed by atoms with Crippen LogP contribution in [0.5, 0.6) is 0 Å². The Bertz CT molecular complexity index is 562. The summed E-state index contributed by atoms with van der Waals surface area (Å²) in [6, 6.07) is 6.65. The molecule has 0 saturated heterocycles. The Hall–Kier alpha value is -2.01. The van der Waals surface area contributed by atoms with Gasteiger partial charge in [-0.15, -0.1) is 11.3 Å². The van der Waals surface area contributed by atoms with E-state index in [2.05, 4.69) is 10.3 Å². The number of hydrogen-bond donors (Lipinski definition) is 1. The van der Waals surface area contributed by atoms with Gasteiger partial charge in [0.2, 0.25) is 0 Å². The van der Waals surface area contributed by atoms with Crippen molar-refractivity contribution in [2.24, 2.45) is 0 Å². The number of ketones is 1. The van der Waals surface area contributed by atoms with E-state index in [1.165, 1.54) is 6.92 Å². The summed E-state index contributed by atoms with van der Waals surface area (Å²) in [7, 11) is 0. The molecule has 2 rings (SSSR count). The number of nitrogens with one attached hydrogen (secondary N) is 1. The fraction of sp³-hybridized carbons (Fsp3) is 0.214. The van der Waals surface area contributed by atoms with Gasteiger partial charge in [0.1, 0.15) is 0 Å². The molecular weight excluding hydrogens is 260 g/mol. The van der Waals surface area contributed by atoms with E-state index >= 15 is 0 Å². The maximum atomic E-state index is 11.8. The van der Waals surface area contributed by atoms with Gasteiger partial charge in [0.15, 0.2) is 5.78 Å². The van der Waals surface area contributed by atoms with Crippen LogP contribution in [0.1, 0.15) is 32.6 Å². The summed E-state index contributed by atoms with van der Waals surface area (Å²) in [5, 5.41) is 5.75. The van der Waals surface area contributed by atoms with E-state index in [-0.39, 0.29) is 11.7 Å². The van der Waals surface area contributed by atoms with Crippen LogP contribution in [0.15, 0.2) is 35.8 Å². The zero-order valence-corrected chi connectivity index (χ0v) is 11.4. The number of nitrogens with zero attached hydrogens (tertiary/aromatic N) is 1. The van der Waals surface area contributed by atoms with Crippen molar-refractivity contribution in [1.82, 2.24) is 10.3 Å². The second-order valence-electron chi connectivity index (χ2n) is 4.07. The third kappa shape index (κ3) is 3.72. The SMILES string of the molecule is CC(=O)c1ccc(C(=O)NCCc2nccs2)cc1. The fourth-order valence-corrected chi connectivity index (χ4v) is 2.24. The molecule has 1 amide bonds. The van der Waals surface area contributed by atoms with Crippen molar-refractivity contribution in [3.8, 4) is 0 Å². The van der Waals surface area contributed by atoms with E-state index in [1.54, 1.807) is 41.8 Å². The van der Waals surface area contributed by atoms with Crippen molar-refractivity contribution in [3.63, 3.8) is 0 Å². The predicted molar refractivity (Wildman–Crippen MR) is 74.6 cm³/mol. The lowest BCUT2D eigenvalue weighted by molar-refractivity contribution is 0.0952. The molecule has 0 aliphatic heterocycles. The van der Waals surface area contributed by atoms with Crippen molar-refractivity contribution in [2.75, 3.05) is 6.54 Å². The highest BCUT2D eigenvalue weighted by atomic mass is 32.1. The van der Waals surface area contributed by atoms with E-state index in [1.807, 2.05) is 5.38 Å². The van der Waals surface area contributed by atoms with Gasteiger partial charge in [-0.2, -0.15) is 0 Å². The third-order valence-electron chi connectivity index (χ3n) is 2.66. The van der Waals surface area contributed by atoms with E-state index in [0.29, 0.717) is 17.7 Å². The Morgan fingerprint density at radius 1 is 1.21 bits per heavy atom. The molecule has 0 saturated carbocycles. The van der Waals surface area contributed by atoms with Crippen LogP contribution in [0.25, 0.3) is 0 Å². The number of carbonyl (C=O) groups is 2. The minimum Gasteiger partial charge on any atom is -0.352 e. The Morgan fingerprint density at radius 3 is 2.47 bits per heavy atom. The van der Waals surface area contributed by atoms with Crippen molar-refractivity contribution in [3.05, 3.63) is 52.0 Å². The summed E-state index contributed by atoms with van der Waals surface area (Å²) < 4.78 is 0. The van der Waals surface area contributed by atoms with Gasteiger partial charge in [-0.05, 0) is 19.1 Å². The second-order valence-corrected chi connectivity index (χ2v) is 5.04. The molecule has 1 heterocycles. The molecule has 98 valence electrons. The molecule has 19 heavy (non-hydrogen) atoms. The van der Waals surface area contributed by atoms with Gasteiger partial charge >= 0.3 is 0 Å². The van der Waals surface area contributed by atoms with Gasteiger partial charge in [0, 0.05) is 35.7 Å². The quantitative estimate of drug-likeness (QED) is 0.851. The third-order valence-corrected chi connectivity index (χ3v) is 3.50. The van der Waals surface area contributed by atoms with Gasteiger partial charge in [-0.25, -0.2) is 4.98 Å². The first kappa shape index (κ1) is 13.4. The normalized spacial score (nSPS) is 10.2. The molecular formula is C14H14N2O2S. The van der Waals surface area contributed by atoms with Gasteiger partial charge in [0.25, 0.3) is 5.91 Å². The van der Waals surface area contributed by atoms with Crippen LogP contribution in [-0.2, 0) is 6.42 Å². The van der Waals surface area contributed by atoms with Gasteiger partial charge < -0.3 is 5.32 Å². The molecule has 0 aliphatic rings. The topological polar surface area (TPSA) is 59.1 Å². The number of carbonyl (C=O) groups excluding carboxylic acids is 2. The highest BCUT2D eigenvalue weighted by Gasteiger charge is 2.06. The maximum Gasteiger partial charge on any atom is 0.251 e. The zero-order chi connectivity index (χ0) is 13.7. The van der Waals surface area contributed by atoms with Crippen molar-refractivity contribution in [1.29, 1.82) is 0 Å². The van der Waals surface area contributed by atoms with E-state index < -0.39 is 0 Å². The number of aromatic nitrogens is 1. The smallest absolute Gasteiger partial charge is 0.251 e. The van der Waals surface area contributed by atoms with E-state index in [4.69, 9.17) is 0 Å². The number of Topliss-reactive ketones (excluding diaryl/α,β-unsaturated/α-hetero) is 1. The van der Waals surface area contributed by atoms with E-state index in [9.17, 15) is 9.59 Å². The van der Waals surface area contributed by atoms with Gasteiger partial charge in [0.05, 0.1) is 5.01 Å². The minimum atomic E-state index is -0.133. The number of thiazole rings is 1. The second kappa shape index (κ2) is 6.24. The summed E-state index contributed by atoms with van der Waals surface area (Å²) in [5.74, 6) is -0.137. The Morgan fingerprint density at radius 2 is 1.89 bits per heavy atom. The van der Waals surface area contributed by atoms with Crippen LogP contribution in [0, 0.1) is 0 Å². The molecule has 0 bridgehead atoms. The fourth-order valence-electron chi connectivity index (χ4n) is 1.62. The van der Waals surface area contributed by atoms with Gasteiger partial charge in [-0.1, -0.05) is 12.1 Å². The molecule has 0 atom stereocenters. The molecule has 1 aromatic carbocycles. The molecule has 2 aromatic rings. The van der Waals surface area contributed by atoms with Crippen molar-refractivity contribution >= 4 is 23.0 Å².